The van der Waals surface area contributed by atoms with Crippen LogP contribution in [0.2, 0.25) is 0 Å². The predicted octanol–water partition coefficient (Wildman–Crippen LogP) is 0.340. The SMILES string of the molecule is CCCNC(=O)CCNS(=O)(=O)c1ccc(CN)cc1. The van der Waals surface area contributed by atoms with Gasteiger partial charge in [0, 0.05) is 26.1 Å². The number of carbonyl (C=O) groups is 1. The van der Waals surface area contributed by atoms with Gasteiger partial charge in [0.25, 0.3) is 0 Å². The summed E-state index contributed by atoms with van der Waals surface area (Å²) in [6.07, 6.45) is 0.977. The Morgan fingerprint density at radius 1 is 1.20 bits per heavy atom. The molecular weight excluding hydrogens is 278 g/mol. The molecule has 0 aliphatic carbocycles. The van der Waals surface area contributed by atoms with Crippen LogP contribution < -0.4 is 15.8 Å². The summed E-state index contributed by atoms with van der Waals surface area (Å²) in [6, 6.07) is 6.34. The summed E-state index contributed by atoms with van der Waals surface area (Å²) >= 11 is 0. The molecule has 0 aliphatic rings. The van der Waals surface area contributed by atoms with Gasteiger partial charge in [-0.25, -0.2) is 13.1 Å². The molecule has 20 heavy (non-hydrogen) atoms. The van der Waals surface area contributed by atoms with Crippen LogP contribution >= 0.6 is 0 Å². The number of sulfonamides is 1. The molecule has 0 aliphatic heterocycles. The largest absolute Gasteiger partial charge is 0.356 e. The van der Waals surface area contributed by atoms with E-state index in [1.54, 1.807) is 12.1 Å². The molecule has 0 bridgehead atoms. The van der Waals surface area contributed by atoms with Gasteiger partial charge in [-0.1, -0.05) is 19.1 Å². The molecule has 0 saturated heterocycles. The molecule has 0 saturated carbocycles. The average Bonchev–Trinajstić information content (AvgIpc) is 2.45. The monoisotopic (exact) mass is 299 g/mol. The first-order valence-corrected chi connectivity index (χ1v) is 8.03. The Kier molecular flexibility index (Phi) is 6.63. The van der Waals surface area contributed by atoms with E-state index in [1.807, 2.05) is 6.92 Å². The molecule has 1 aromatic carbocycles. The number of amides is 1. The first-order chi connectivity index (χ1) is 9.49. The Balaban J connectivity index is 2.50. The van der Waals surface area contributed by atoms with E-state index in [-0.39, 0.29) is 23.8 Å². The summed E-state index contributed by atoms with van der Waals surface area (Å²) in [6.45, 7) is 3.00. The first kappa shape index (κ1) is 16.6. The Bertz CT molecular complexity index is 526. The maximum atomic E-state index is 12.0. The zero-order chi connectivity index (χ0) is 15.0. The second kappa shape index (κ2) is 7.98. The molecule has 0 radical (unpaired) electrons. The van der Waals surface area contributed by atoms with Gasteiger partial charge in [0.15, 0.2) is 0 Å². The van der Waals surface area contributed by atoms with Crippen LogP contribution in [0, 0.1) is 0 Å². The molecule has 0 aromatic heterocycles. The Labute approximate surface area is 119 Å². The van der Waals surface area contributed by atoms with E-state index in [0.29, 0.717) is 13.1 Å². The van der Waals surface area contributed by atoms with Crippen molar-refractivity contribution in [1.29, 1.82) is 0 Å². The molecule has 1 amide bonds. The highest BCUT2D eigenvalue weighted by Gasteiger charge is 2.13. The molecule has 0 unspecified atom stereocenters. The van der Waals surface area contributed by atoms with Crippen LogP contribution in [0.1, 0.15) is 25.3 Å². The second-order valence-electron chi connectivity index (χ2n) is 4.35. The fraction of sp³-hybridized carbons (Fsp3) is 0.462. The van der Waals surface area contributed by atoms with Gasteiger partial charge in [0.1, 0.15) is 0 Å². The van der Waals surface area contributed by atoms with Crippen LogP contribution in [-0.4, -0.2) is 27.4 Å². The van der Waals surface area contributed by atoms with E-state index < -0.39 is 10.0 Å². The fourth-order valence-electron chi connectivity index (χ4n) is 1.54. The molecule has 0 atom stereocenters. The lowest BCUT2D eigenvalue weighted by atomic mass is 10.2. The predicted molar refractivity (Wildman–Crippen MR) is 77.4 cm³/mol. The lowest BCUT2D eigenvalue weighted by Crippen LogP contribution is -2.31. The average molecular weight is 299 g/mol. The van der Waals surface area contributed by atoms with Crippen molar-refractivity contribution in [2.45, 2.75) is 31.2 Å². The van der Waals surface area contributed by atoms with Gasteiger partial charge in [-0.05, 0) is 24.1 Å². The van der Waals surface area contributed by atoms with Crippen molar-refractivity contribution >= 4 is 15.9 Å². The quantitative estimate of drug-likeness (QED) is 0.644. The molecule has 1 aromatic rings. The molecule has 4 N–H and O–H groups in total. The van der Waals surface area contributed by atoms with Gasteiger partial charge >= 0.3 is 0 Å². The van der Waals surface area contributed by atoms with E-state index in [2.05, 4.69) is 10.0 Å². The molecular formula is C13H21N3O3S. The van der Waals surface area contributed by atoms with Gasteiger partial charge in [-0.3, -0.25) is 4.79 Å². The minimum atomic E-state index is -3.57. The number of carbonyl (C=O) groups excluding carboxylic acids is 1. The zero-order valence-electron chi connectivity index (χ0n) is 11.6. The first-order valence-electron chi connectivity index (χ1n) is 6.55. The fourth-order valence-corrected chi connectivity index (χ4v) is 2.57. The highest BCUT2D eigenvalue weighted by Crippen LogP contribution is 2.09. The van der Waals surface area contributed by atoms with Crippen molar-refractivity contribution in [2.75, 3.05) is 13.1 Å². The highest BCUT2D eigenvalue weighted by molar-refractivity contribution is 7.89. The topological polar surface area (TPSA) is 101 Å². The minimum Gasteiger partial charge on any atom is -0.356 e. The molecule has 0 spiro atoms. The van der Waals surface area contributed by atoms with Crippen LogP contribution in [0.25, 0.3) is 0 Å². The summed E-state index contributed by atoms with van der Waals surface area (Å²) in [5, 5.41) is 2.69. The highest BCUT2D eigenvalue weighted by atomic mass is 32.2. The minimum absolute atomic E-state index is 0.0799. The van der Waals surface area contributed by atoms with E-state index >= 15 is 0 Å². The smallest absolute Gasteiger partial charge is 0.240 e. The van der Waals surface area contributed by atoms with Gasteiger partial charge < -0.3 is 11.1 Å². The lowest BCUT2D eigenvalue weighted by Gasteiger charge is -2.07. The van der Waals surface area contributed by atoms with E-state index in [0.717, 1.165) is 12.0 Å². The maximum absolute atomic E-state index is 12.0. The van der Waals surface area contributed by atoms with Crippen LogP contribution in [-0.2, 0) is 21.4 Å². The number of nitrogens with two attached hydrogens (primary N) is 1. The number of benzene rings is 1. The van der Waals surface area contributed by atoms with Crippen molar-refractivity contribution < 1.29 is 13.2 Å². The van der Waals surface area contributed by atoms with Gasteiger partial charge in [-0.2, -0.15) is 0 Å². The maximum Gasteiger partial charge on any atom is 0.240 e. The third-order valence-corrected chi connectivity index (χ3v) is 4.16. The van der Waals surface area contributed by atoms with Gasteiger partial charge in [0.05, 0.1) is 4.90 Å². The van der Waals surface area contributed by atoms with Crippen molar-refractivity contribution in [1.82, 2.24) is 10.0 Å². The Morgan fingerprint density at radius 3 is 2.40 bits per heavy atom. The summed E-state index contributed by atoms with van der Waals surface area (Å²) in [5.41, 5.74) is 6.32. The number of hydrogen-bond acceptors (Lipinski definition) is 4. The number of hydrogen-bond donors (Lipinski definition) is 3. The van der Waals surface area contributed by atoms with Gasteiger partial charge in [0.2, 0.25) is 15.9 Å². The van der Waals surface area contributed by atoms with E-state index in [9.17, 15) is 13.2 Å². The van der Waals surface area contributed by atoms with Crippen LogP contribution in [0.4, 0.5) is 0 Å². The number of rotatable bonds is 8. The van der Waals surface area contributed by atoms with Crippen molar-refractivity contribution in [3.63, 3.8) is 0 Å². The molecule has 112 valence electrons. The van der Waals surface area contributed by atoms with Crippen LogP contribution in [0.5, 0.6) is 0 Å². The second-order valence-corrected chi connectivity index (χ2v) is 6.11. The third kappa shape index (κ3) is 5.28. The Hall–Kier alpha value is -1.44. The third-order valence-electron chi connectivity index (χ3n) is 2.69. The normalized spacial score (nSPS) is 11.3. The lowest BCUT2D eigenvalue weighted by molar-refractivity contribution is -0.120. The summed E-state index contributed by atoms with van der Waals surface area (Å²) in [4.78, 5) is 11.5. The van der Waals surface area contributed by atoms with Crippen molar-refractivity contribution in [2.24, 2.45) is 5.73 Å². The molecule has 7 heteroatoms. The van der Waals surface area contributed by atoms with E-state index in [4.69, 9.17) is 5.73 Å². The Morgan fingerprint density at radius 2 is 1.85 bits per heavy atom. The van der Waals surface area contributed by atoms with Crippen molar-refractivity contribution in [3.8, 4) is 0 Å². The summed E-state index contributed by atoms with van der Waals surface area (Å²) < 4.78 is 26.3. The van der Waals surface area contributed by atoms with E-state index in [1.165, 1.54) is 12.1 Å². The van der Waals surface area contributed by atoms with Crippen LogP contribution in [0.15, 0.2) is 29.2 Å². The zero-order valence-corrected chi connectivity index (χ0v) is 12.4. The van der Waals surface area contributed by atoms with Crippen LogP contribution in [0.3, 0.4) is 0 Å². The summed E-state index contributed by atoms with van der Waals surface area (Å²) in [5.74, 6) is -0.159. The molecule has 0 heterocycles. The molecule has 1 rings (SSSR count). The number of nitrogens with one attached hydrogen (secondary N) is 2. The van der Waals surface area contributed by atoms with Crippen molar-refractivity contribution in [3.05, 3.63) is 29.8 Å². The summed E-state index contributed by atoms with van der Waals surface area (Å²) in [7, 11) is -3.57. The standard InChI is InChI=1S/C13H21N3O3S/c1-2-8-15-13(17)7-9-16-20(18,19)12-5-3-11(10-14)4-6-12/h3-6,16H,2,7-10,14H2,1H3,(H,15,17). The van der Waals surface area contributed by atoms with Gasteiger partial charge in [-0.15, -0.1) is 0 Å². The molecule has 6 nitrogen and oxygen atoms in total. The molecule has 0 fully saturated rings.